The molecule has 178 valence electrons. The zero-order valence-electron chi connectivity index (χ0n) is 19.2. The first-order chi connectivity index (χ1) is 16.5. The molecule has 3 aromatic rings. The van der Waals surface area contributed by atoms with Crippen LogP contribution in [0.2, 0.25) is 5.02 Å². The number of amides is 1. The lowest BCUT2D eigenvalue weighted by atomic mass is 10.0. The number of aromatic nitrogens is 1. The number of quaternary nitrogens is 1. The maximum absolute atomic E-state index is 12.0. The number of nitrogens with one attached hydrogen (secondary N) is 1. The smallest absolute Gasteiger partial charge is 0.309 e. The number of rotatable bonds is 7. The molecule has 0 unspecified atom stereocenters. The molecule has 1 amide bonds. The zero-order valence-corrected chi connectivity index (χ0v) is 20.8. The Morgan fingerprint density at radius 1 is 1.26 bits per heavy atom. The van der Waals surface area contributed by atoms with E-state index in [-0.39, 0.29) is 11.9 Å². The van der Waals surface area contributed by atoms with Crippen LogP contribution in [0.25, 0.3) is 10.1 Å². The minimum Gasteiger partial charge on any atom is -0.415 e. The standard InChI is InChI=1S/C25H27ClN4O3S/c1-2-24(32)33-16-30(10-7-17-13-18-14-23(31)27-21(18)15-20(17)26)11-8-29(9-12-30)25-19-5-3-4-6-22(19)34-28-25/h3-6,13,15H,2,7-12,14,16H2,1H3/p+1. The average molecular weight is 500 g/mol. The second-order valence-corrected chi connectivity index (χ2v) is 10.3. The van der Waals surface area contributed by atoms with Gasteiger partial charge in [0.1, 0.15) is 0 Å². The third-order valence-electron chi connectivity index (χ3n) is 6.89. The van der Waals surface area contributed by atoms with Gasteiger partial charge >= 0.3 is 5.97 Å². The van der Waals surface area contributed by atoms with Gasteiger partial charge in [-0.15, -0.1) is 0 Å². The molecule has 5 rings (SSSR count). The van der Waals surface area contributed by atoms with Gasteiger partial charge in [0.25, 0.3) is 0 Å². The summed E-state index contributed by atoms with van der Waals surface area (Å²) in [5.41, 5.74) is 2.83. The third kappa shape index (κ3) is 4.62. The summed E-state index contributed by atoms with van der Waals surface area (Å²) in [6.45, 7) is 6.37. The Balaban J connectivity index is 1.32. The van der Waals surface area contributed by atoms with Crippen LogP contribution >= 0.6 is 23.1 Å². The number of benzene rings is 2. The summed E-state index contributed by atoms with van der Waals surface area (Å²) in [5, 5.41) is 4.71. The van der Waals surface area contributed by atoms with Crippen LogP contribution in [0.15, 0.2) is 36.4 Å². The summed E-state index contributed by atoms with van der Waals surface area (Å²) in [4.78, 5) is 26.1. The highest BCUT2D eigenvalue weighted by Gasteiger charge is 2.35. The van der Waals surface area contributed by atoms with Crippen molar-refractivity contribution in [2.45, 2.75) is 26.2 Å². The van der Waals surface area contributed by atoms with Gasteiger partial charge in [0, 0.05) is 28.9 Å². The van der Waals surface area contributed by atoms with Crippen molar-refractivity contribution in [2.24, 2.45) is 0 Å². The summed E-state index contributed by atoms with van der Waals surface area (Å²) in [7, 11) is 0. The van der Waals surface area contributed by atoms with Crippen molar-refractivity contribution in [1.29, 1.82) is 0 Å². The summed E-state index contributed by atoms with van der Waals surface area (Å²) < 4.78 is 12.3. The van der Waals surface area contributed by atoms with E-state index in [2.05, 4.69) is 28.4 Å². The number of esters is 1. The molecule has 0 atom stereocenters. The average Bonchev–Trinajstić information content (AvgIpc) is 3.44. The van der Waals surface area contributed by atoms with Gasteiger partial charge in [-0.05, 0) is 40.9 Å². The number of carbonyl (C=O) groups excluding carboxylic acids is 2. The van der Waals surface area contributed by atoms with Crippen molar-refractivity contribution in [3.8, 4) is 0 Å². The molecule has 0 radical (unpaired) electrons. The quantitative estimate of drug-likeness (QED) is 0.389. The summed E-state index contributed by atoms with van der Waals surface area (Å²) in [5.74, 6) is 0.872. The van der Waals surface area contributed by atoms with Crippen molar-refractivity contribution in [1.82, 2.24) is 4.37 Å². The van der Waals surface area contributed by atoms with Crippen molar-refractivity contribution in [3.63, 3.8) is 0 Å². The molecule has 3 heterocycles. The predicted octanol–water partition coefficient (Wildman–Crippen LogP) is 4.23. The van der Waals surface area contributed by atoms with Crippen molar-refractivity contribution in [2.75, 3.05) is 49.7 Å². The van der Waals surface area contributed by atoms with Crippen molar-refractivity contribution in [3.05, 3.63) is 52.5 Å². The largest absolute Gasteiger partial charge is 0.415 e. The van der Waals surface area contributed by atoms with E-state index >= 15 is 0 Å². The van der Waals surface area contributed by atoms with Gasteiger partial charge in [0.2, 0.25) is 12.6 Å². The summed E-state index contributed by atoms with van der Waals surface area (Å²) in [6, 6.07) is 12.2. The molecule has 2 aliphatic heterocycles. The Morgan fingerprint density at radius 3 is 2.85 bits per heavy atom. The van der Waals surface area contributed by atoms with E-state index in [1.807, 2.05) is 25.1 Å². The van der Waals surface area contributed by atoms with Crippen molar-refractivity contribution < 1.29 is 18.8 Å². The normalized spacial score (nSPS) is 17.0. The molecule has 0 spiro atoms. The molecule has 9 heteroatoms. The zero-order chi connectivity index (χ0) is 23.7. The molecule has 34 heavy (non-hydrogen) atoms. The van der Waals surface area contributed by atoms with E-state index in [0.717, 1.165) is 61.8 Å². The highest BCUT2D eigenvalue weighted by molar-refractivity contribution is 7.13. The van der Waals surface area contributed by atoms with E-state index in [9.17, 15) is 9.59 Å². The molecule has 0 aliphatic carbocycles. The lowest BCUT2D eigenvalue weighted by Crippen LogP contribution is -2.61. The van der Waals surface area contributed by atoms with Gasteiger partial charge < -0.3 is 15.0 Å². The number of anilines is 2. The fourth-order valence-electron chi connectivity index (χ4n) is 4.78. The van der Waals surface area contributed by atoms with Crippen LogP contribution < -0.4 is 10.2 Å². The fraction of sp³-hybridized carbons (Fsp3) is 0.400. The SMILES string of the molecule is CCC(=O)OC[N+]1(CCc2cc3c(cc2Cl)NC(=O)C3)CCN(c2nsc3ccccc23)CC1. The number of hydrogen-bond acceptors (Lipinski definition) is 6. The topological polar surface area (TPSA) is 71.5 Å². The van der Waals surface area contributed by atoms with Gasteiger partial charge in [-0.1, -0.05) is 36.7 Å². The third-order valence-corrected chi connectivity index (χ3v) is 8.06. The van der Waals surface area contributed by atoms with Crippen LogP contribution in [-0.4, -0.2) is 60.2 Å². The highest BCUT2D eigenvalue weighted by atomic mass is 35.5. The minimum atomic E-state index is -0.175. The second kappa shape index (κ2) is 9.52. The first kappa shape index (κ1) is 23.1. The van der Waals surface area contributed by atoms with E-state index in [4.69, 9.17) is 20.7 Å². The molecule has 1 fully saturated rings. The predicted molar refractivity (Wildman–Crippen MR) is 135 cm³/mol. The second-order valence-electron chi connectivity index (χ2n) is 9.08. The lowest BCUT2D eigenvalue weighted by molar-refractivity contribution is -0.943. The Hall–Kier alpha value is -2.68. The molecule has 2 aliphatic rings. The molecule has 2 aromatic carbocycles. The maximum atomic E-state index is 12.0. The van der Waals surface area contributed by atoms with E-state index in [1.54, 1.807) is 0 Å². The Morgan fingerprint density at radius 2 is 2.06 bits per heavy atom. The number of halogens is 1. The molecular formula is C25H28ClN4O3S+. The molecule has 0 bridgehead atoms. The van der Waals surface area contributed by atoms with Crippen molar-refractivity contribution >= 4 is 56.6 Å². The Labute approximate surface area is 208 Å². The van der Waals surface area contributed by atoms with E-state index < -0.39 is 0 Å². The van der Waals surface area contributed by atoms with Crippen LogP contribution in [-0.2, 0) is 27.2 Å². The van der Waals surface area contributed by atoms with Gasteiger partial charge in [0.05, 0.1) is 43.8 Å². The minimum absolute atomic E-state index is 0.00359. The number of carbonyl (C=O) groups is 2. The monoisotopic (exact) mass is 499 g/mol. The number of ether oxygens (including phenoxy) is 1. The molecule has 7 nitrogen and oxygen atoms in total. The summed E-state index contributed by atoms with van der Waals surface area (Å²) in [6.07, 6.45) is 1.52. The van der Waals surface area contributed by atoms with Crippen LogP contribution in [0.3, 0.4) is 0 Å². The molecule has 1 aromatic heterocycles. The molecule has 1 saturated heterocycles. The maximum Gasteiger partial charge on any atom is 0.309 e. The van der Waals surface area contributed by atoms with Crippen LogP contribution in [0, 0.1) is 0 Å². The first-order valence-corrected chi connectivity index (χ1v) is 12.8. The van der Waals surface area contributed by atoms with Gasteiger partial charge in [-0.2, -0.15) is 4.37 Å². The molecular weight excluding hydrogens is 472 g/mol. The van der Waals surface area contributed by atoms with Gasteiger partial charge in [-0.25, -0.2) is 0 Å². The van der Waals surface area contributed by atoms with E-state index in [0.29, 0.717) is 29.1 Å². The Bertz CT molecular complexity index is 1240. The number of fused-ring (bicyclic) bond motifs is 2. The highest BCUT2D eigenvalue weighted by Crippen LogP contribution is 2.32. The van der Waals surface area contributed by atoms with Crippen LogP contribution in [0.1, 0.15) is 24.5 Å². The molecule has 0 saturated carbocycles. The first-order valence-electron chi connectivity index (χ1n) is 11.7. The lowest BCUT2D eigenvalue weighted by Gasteiger charge is -2.44. The number of hydrogen-bond donors (Lipinski definition) is 1. The summed E-state index contributed by atoms with van der Waals surface area (Å²) >= 11 is 8.09. The number of nitrogens with zero attached hydrogens (tertiary/aromatic N) is 3. The molecule has 1 N–H and O–H groups in total. The van der Waals surface area contributed by atoms with E-state index in [1.165, 1.54) is 21.6 Å². The van der Waals surface area contributed by atoms with Gasteiger partial charge in [-0.3, -0.25) is 14.1 Å². The Kier molecular flexibility index (Phi) is 6.46. The van der Waals surface area contributed by atoms with Crippen LogP contribution in [0.4, 0.5) is 11.5 Å². The van der Waals surface area contributed by atoms with Crippen LogP contribution in [0.5, 0.6) is 0 Å². The van der Waals surface area contributed by atoms with Gasteiger partial charge in [0.15, 0.2) is 5.82 Å². The number of piperazine rings is 1. The fourth-order valence-corrected chi connectivity index (χ4v) is 5.83.